The van der Waals surface area contributed by atoms with E-state index in [0.29, 0.717) is 25.0 Å². The number of rotatable bonds is 3. The van der Waals surface area contributed by atoms with E-state index in [1.807, 2.05) is 0 Å². The van der Waals surface area contributed by atoms with Gasteiger partial charge < -0.3 is 10.4 Å². The van der Waals surface area contributed by atoms with Gasteiger partial charge in [0.25, 0.3) is 5.91 Å². The zero-order valence-corrected chi connectivity index (χ0v) is 11.5. The predicted molar refractivity (Wildman–Crippen MR) is 71.0 cm³/mol. The van der Waals surface area contributed by atoms with Crippen LogP contribution in [0, 0.1) is 5.92 Å². The van der Waals surface area contributed by atoms with Gasteiger partial charge in [-0.15, -0.1) is 0 Å². The van der Waals surface area contributed by atoms with Crippen LogP contribution in [-0.4, -0.2) is 46.7 Å². The van der Waals surface area contributed by atoms with Crippen LogP contribution in [0.4, 0.5) is 0 Å². The number of carboxylic acid groups (broad SMARTS) is 1. The van der Waals surface area contributed by atoms with Crippen molar-refractivity contribution >= 4 is 23.5 Å². The lowest BCUT2D eigenvalue weighted by atomic mass is 9.85. The molecule has 7 heteroatoms. The third-order valence-electron chi connectivity index (χ3n) is 3.83. The number of carbonyl (C=O) groups is 3. The van der Waals surface area contributed by atoms with Gasteiger partial charge in [0, 0.05) is 25.9 Å². The number of amides is 2. The van der Waals surface area contributed by atoms with Gasteiger partial charge in [-0.1, -0.05) is 6.42 Å². The van der Waals surface area contributed by atoms with Gasteiger partial charge in [-0.2, -0.15) is 5.10 Å². The van der Waals surface area contributed by atoms with Crippen molar-refractivity contribution in [2.24, 2.45) is 11.0 Å². The second-order valence-electron chi connectivity index (χ2n) is 5.34. The Labute approximate surface area is 117 Å². The number of nitrogens with one attached hydrogen (secondary N) is 1. The molecule has 2 N–H and O–H groups in total. The lowest BCUT2D eigenvalue weighted by molar-refractivity contribution is -0.143. The number of nitrogens with zero attached hydrogens (tertiary/aromatic N) is 2. The molecule has 2 unspecified atom stereocenters. The van der Waals surface area contributed by atoms with E-state index < -0.39 is 5.97 Å². The van der Waals surface area contributed by atoms with Crippen LogP contribution in [0.2, 0.25) is 0 Å². The molecule has 20 heavy (non-hydrogen) atoms. The lowest BCUT2D eigenvalue weighted by Gasteiger charge is -2.28. The Morgan fingerprint density at radius 1 is 1.35 bits per heavy atom. The van der Waals surface area contributed by atoms with E-state index >= 15 is 0 Å². The SMILES string of the molecule is CN1N=C(C(=O)NC2CCCC(C(=O)O)C2)CCC1=O. The molecule has 1 fully saturated rings. The normalized spacial score (nSPS) is 26.9. The van der Waals surface area contributed by atoms with E-state index in [-0.39, 0.29) is 30.2 Å². The van der Waals surface area contributed by atoms with Gasteiger partial charge in [0.2, 0.25) is 5.91 Å². The molecule has 7 nitrogen and oxygen atoms in total. The van der Waals surface area contributed by atoms with Crippen LogP contribution in [-0.2, 0) is 14.4 Å². The summed E-state index contributed by atoms with van der Waals surface area (Å²) in [7, 11) is 1.52. The molecule has 1 aliphatic heterocycles. The summed E-state index contributed by atoms with van der Waals surface area (Å²) < 4.78 is 0. The predicted octanol–water partition coefficient (Wildman–Crippen LogP) is 0.354. The summed E-state index contributed by atoms with van der Waals surface area (Å²) in [5.74, 6) is -1.58. The Hall–Kier alpha value is -1.92. The molecular weight excluding hydrogens is 262 g/mol. The number of hydrogen-bond donors (Lipinski definition) is 2. The third-order valence-corrected chi connectivity index (χ3v) is 3.83. The Morgan fingerprint density at radius 2 is 2.10 bits per heavy atom. The summed E-state index contributed by atoms with van der Waals surface area (Å²) >= 11 is 0. The van der Waals surface area contributed by atoms with Gasteiger partial charge in [0.05, 0.1) is 5.92 Å². The number of carboxylic acids is 1. The van der Waals surface area contributed by atoms with Crippen LogP contribution in [0.25, 0.3) is 0 Å². The molecule has 0 saturated heterocycles. The van der Waals surface area contributed by atoms with Crippen molar-refractivity contribution in [2.45, 2.75) is 44.6 Å². The Balaban J connectivity index is 1.93. The maximum Gasteiger partial charge on any atom is 0.306 e. The Kier molecular flexibility index (Phi) is 4.36. The van der Waals surface area contributed by atoms with Gasteiger partial charge in [-0.05, 0) is 19.3 Å². The average molecular weight is 281 g/mol. The van der Waals surface area contributed by atoms with Crippen molar-refractivity contribution < 1.29 is 19.5 Å². The molecule has 2 amide bonds. The molecule has 0 aromatic carbocycles. The van der Waals surface area contributed by atoms with Crippen molar-refractivity contribution in [1.82, 2.24) is 10.3 Å². The van der Waals surface area contributed by atoms with Crippen LogP contribution in [0.5, 0.6) is 0 Å². The molecule has 0 spiro atoms. The quantitative estimate of drug-likeness (QED) is 0.780. The van der Waals surface area contributed by atoms with Gasteiger partial charge in [0.15, 0.2) is 0 Å². The standard InChI is InChI=1S/C13H19N3O4/c1-16-11(17)6-5-10(15-16)12(18)14-9-4-2-3-8(7-9)13(19)20/h8-9H,2-7H2,1H3,(H,14,18)(H,19,20). The van der Waals surface area contributed by atoms with E-state index in [4.69, 9.17) is 5.11 Å². The van der Waals surface area contributed by atoms with Gasteiger partial charge >= 0.3 is 5.97 Å². The molecule has 1 aliphatic carbocycles. The molecule has 2 atom stereocenters. The Bertz CT molecular complexity index is 461. The highest BCUT2D eigenvalue weighted by Crippen LogP contribution is 2.24. The fraction of sp³-hybridized carbons (Fsp3) is 0.692. The molecule has 2 rings (SSSR count). The molecule has 0 aromatic rings. The third kappa shape index (κ3) is 3.34. The number of carbonyl (C=O) groups excluding carboxylic acids is 2. The number of hydrogen-bond acceptors (Lipinski definition) is 4. The van der Waals surface area contributed by atoms with E-state index in [1.165, 1.54) is 12.1 Å². The van der Waals surface area contributed by atoms with Crippen molar-refractivity contribution in [2.75, 3.05) is 7.05 Å². The van der Waals surface area contributed by atoms with Crippen molar-refractivity contribution in [3.63, 3.8) is 0 Å². The molecule has 2 aliphatic rings. The van der Waals surface area contributed by atoms with Crippen LogP contribution in [0.15, 0.2) is 5.10 Å². The zero-order valence-electron chi connectivity index (χ0n) is 11.5. The molecule has 0 radical (unpaired) electrons. The monoisotopic (exact) mass is 281 g/mol. The maximum absolute atomic E-state index is 12.1. The molecular formula is C13H19N3O4. The first-order valence-corrected chi connectivity index (χ1v) is 6.85. The lowest BCUT2D eigenvalue weighted by Crippen LogP contribution is -2.44. The van der Waals surface area contributed by atoms with Crippen LogP contribution in [0.1, 0.15) is 38.5 Å². The number of aliphatic carboxylic acids is 1. The zero-order chi connectivity index (χ0) is 14.7. The molecule has 1 heterocycles. The average Bonchev–Trinajstić information content (AvgIpc) is 2.42. The minimum atomic E-state index is -0.802. The smallest absolute Gasteiger partial charge is 0.306 e. The summed E-state index contributed by atoms with van der Waals surface area (Å²) in [6, 6.07) is -0.122. The van der Waals surface area contributed by atoms with E-state index in [9.17, 15) is 14.4 Å². The van der Waals surface area contributed by atoms with E-state index in [2.05, 4.69) is 10.4 Å². The molecule has 1 saturated carbocycles. The Morgan fingerprint density at radius 3 is 2.75 bits per heavy atom. The summed E-state index contributed by atoms with van der Waals surface area (Å²) in [4.78, 5) is 34.3. The highest BCUT2D eigenvalue weighted by atomic mass is 16.4. The van der Waals surface area contributed by atoms with E-state index in [0.717, 1.165) is 12.8 Å². The highest BCUT2D eigenvalue weighted by Gasteiger charge is 2.29. The van der Waals surface area contributed by atoms with Crippen molar-refractivity contribution in [3.8, 4) is 0 Å². The van der Waals surface area contributed by atoms with Crippen LogP contribution in [0.3, 0.4) is 0 Å². The topological polar surface area (TPSA) is 99.1 Å². The second-order valence-corrected chi connectivity index (χ2v) is 5.34. The van der Waals surface area contributed by atoms with E-state index in [1.54, 1.807) is 0 Å². The highest BCUT2D eigenvalue weighted by molar-refractivity contribution is 6.39. The minimum Gasteiger partial charge on any atom is -0.481 e. The summed E-state index contributed by atoms with van der Waals surface area (Å²) in [6.45, 7) is 0. The van der Waals surface area contributed by atoms with Crippen molar-refractivity contribution in [3.05, 3.63) is 0 Å². The first-order chi connectivity index (χ1) is 9.47. The summed E-state index contributed by atoms with van der Waals surface area (Å²) in [5, 5.41) is 17.0. The largest absolute Gasteiger partial charge is 0.481 e. The van der Waals surface area contributed by atoms with Crippen molar-refractivity contribution in [1.29, 1.82) is 0 Å². The summed E-state index contributed by atoms with van der Waals surface area (Å²) in [6.07, 6.45) is 3.34. The van der Waals surface area contributed by atoms with Crippen LogP contribution >= 0.6 is 0 Å². The number of hydrazone groups is 1. The van der Waals surface area contributed by atoms with Gasteiger partial charge in [0.1, 0.15) is 5.71 Å². The second kappa shape index (κ2) is 6.02. The fourth-order valence-corrected chi connectivity index (χ4v) is 2.65. The van der Waals surface area contributed by atoms with Gasteiger partial charge in [-0.25, -0.2) is 5.01 Å². The minimum absolute atomic E-state index is 0.106. The van der Waals surface area contributed by atoms with Gasteiger partial charge in [-0.3, -0.25) is 14.4 Å². The molecule has 0 bridgehead atoms. The molecule has 110 valence electrons. The fourth-order valence-electron chi connectivity index (χ4n) is 2.65. The maximum atomic E-state index is 12.1. The van der Waals surface area contributed by atoms with Crippen LogP contribution < -0.4 is 5.32 Å². The first kappa shape index (κ1) is 14.5. The molecule has 0 aromatic heterocycles. The first-order valence-electron chi connectivity index (χ1n) is 6.85. The summed E-state index contributed by atoms with van der Waals surface area (Å²) in [5.41, 5.74) is 0.338.